The van der Waals surface area contributed by atoms with Crippen LogP contribution in [0.3, 0.4) is 0 Å². The lowest BCUT2D eigenvalue weighted by atomic mass is 10.2. The topological polar surface area (TPSA) is 120 Å². The average molecular weight is 440 g/mol. The maximum absolute atomic E-state index is 13.0. The van der Waals surface area contributed by atoms with E-state index in [9.17, 15) is 13.2 Å². The van der Waals surface area contributed by atoms with Crippen molar-refractivity contribution in [3.05, 3.63) is 59.4 Å². The average Bonchev–Trinajstić information content (AvgIpc) is 3.09. The number of nitrogens with zero attached hydrogens (tertiary/aromatic N) is 5. The molecule has 3 N–H and O–H groups in total. The van der Waals surface area contributed by atoms with Gasteiger partial charge < -0.3 is 10.8 Å². The van der Waals surface area contributed by atoms with Crippen LogP contribution in [-0.4, -0.2) is 35.8 Å². The zero-order valence-electron chi connectivity index (χ0n) is 16.1. The van der Waals surface area contributed by atoms with Gasteiger partial charge in [-0.25, -0.2) is 0 Å². The van der Waals surface area contributed by atoms with Crippen LogP contribution in [0.1, 0.15) is 29.7 Å². The Labute approximate surface area is 174 Å². The molecule has 2 aromatic heterocycles. The van der Waals surface area contributed by atoms with Crippen molar-refractivity contribution in [2.75, 3.05) is 0 Å². The third kappa shape index (κ3) is 6.52. The van der Waals surface area contributed by atoms with Crippen LogP contribution in [0.2, 0.25) is 0 Å². The normalized spacial score (nSPS) is 11.0. The molecule has 0 bridgehead atoms. The Kier molecular flexibility index (Phi) is 7.89. The molecule has 0 unspecified atom stereocenters. The van der Waals surface area contributed by atoms with Crippen LogP contribution >= 0.6 is 11.8 Å². The number of aliphatic carboxylic acids is 1. The summed E-state index contributed by atoms with van der Waals surface area (Å²) in [6, 6.07) is 4.98. The molecule has 2 heterocycles. The van der Waals surface area contributed by atoms with Gasteiger partial charge >= 0.3 is 6.18 Å². The smallest absolute Gasteiger partial charge is 0.416 e. The molecule has 0 aliphatic carbocycles. The van der Waals surface area contributed by atoms with Gasteiger partial charge in [0, 0.05) is 25.1 Å². The maximum Gasteiger partial charge on any atom is 0.416 e. The first-order valence-corrected chi connectivity index (χ1v) is 9.52. The number of halogens is 3. The SMILES string of the molecule is CC(=O)O.Cc1cnc(CSc2nnc(CN)n2-c2cccc(C(F)(F)F)c2)cn1. The molecule has 12 heteroatoms. The lowest BCUT2D eigenvalue weighted by Gasteiger charge is -2.12. The molecule has 1 aromatic carbocycles. The predicted molar refractivity (Wildman–Crippen MR) is 104 cm³/mol. The first kappa shape index (κ1) is 23.3. The van der Waals surface area contributed by atoms with Crippen LogP contribution in [0.4, 0.5) is 13.2 Å². The molecule has 0 fully saturated rings. The van der Waals surface area contributed by atoms with Gasteiger partial charge in [-0.15, -0.1) is 10.2 Å². The number of hydrogen-bond donors (Lipinski definition) is 2. The van der Waals surface area contributed by atoms with Crippen LogP contribution in [0.15, 0.2) is 41.8 Å². The quantitative estimate of drug-likeness (QED) is 0.581. The van der Waals surface area contributed by atoms with Crippen LogP contribution in [0, 0.1) is 6.92 Å². The van der Waals surface area contributed by atoms with E-state index in [4.69, 9.17) is 15.6 Å². The van der Waals surface area contributed by atoms with Crippen molar-refractivity contribution in [2.24, 2.45) is 5.73 Å². The molecular weight excluding hydrogens is 421 g/mol. The highest BCUT2D eigenvalue weighted by atomic mass is 32.2. The highest BCUT2D eigenvalue weighted by molar-refractivity contribution is 7.98. The highest BCUT2D eigenvalue weighted by Gasteiger charge is 2.31. The second-order valence-electron chi connectivity index (χ2n) is 5.94. The summed E-state index contributed by atoms with van der Waals surface area (Å²) in [6.45, 7) is 2.97. The number of carboxylic acids is 1. The summed E-state index contributed by atoms with van der Waals surface area (Å²) in [5, 5.41) is 15.9. The molecule has 0 amide bonds. The van der Waals surface area contributed by atoms with Crippen molar-refractivity contribution >= 4 is 17.7 Å². The summed E-state index contributed by atoms with van der Waals surface area (Å²) in [5.74, 6) is -0.00333. The van der Waals surface area contributed by atoms with Gasteiger partial charge in [0.2, 0.25) is 0 Å². The van der Waals surface area contributed by atoms with Gasteiger partial charge in [0.25, 0.3) is 5.97 Å². The molecule has 3 aromatic rings. The van der Waals surface area contributed by atoms with Gasteiger partial charge in [0.05, 0.1) is 29.2 Å². The number of rotatable bonds is 5. The van der Waals surface area contributed by atoms with E-state index >= 15 is 0 Å². The summed E-state index contributed by atoms with van der Waals surface area (Å²) in [4.78, 5) is 17.4. The number of aromatic nitrogens is 5. The number of carboxylic acid groups (broad SMARTS) is 1. The molecule has 0 spiro atoms. The zero-order valence-corrected chi connectivity index (χ0v) is 16.9. The summed E-state index contributed by atoms with van der Waals surface area (Å²) < 4.78 is 40.6. The van der Waals surface area contributed by atoms with Gasteiger partial charge in [-0.3, -0.25) is 19.3 Å². The summed E-state index contributed by atoms with van der Waals surface area (Å²) in [7, 11) is 0. The van der Waals surface area contributed by atoms with E-state index < -0.39 is 17.7 Å². The molecule has 0 saturated carbocycles. The number of carbonyl (C=O) groups is 1. The van der Waals surface area contributed by atoms with Crippen molar-refractivity contribution in [2.45, 2.75) is 37.5 Å². The van der Waals surface area contributed by atoms with E-state index in [2.05, 4.69) is 20.2 Å². The second-order valence-corrected chi connectivity index (χ2v) is 6.89. The fourth-order valence-electron chi connectivity index (χ4n) is 2.24. The third-order valence-electron chi connectivity index (χ3n) is 3.50. The van der Waals surface area contributed by atoms with Crippen molar-refractivity contribution in [3.63, 3.8) is 0 Å². The van der Waals surface area contributed by atoms with Gasteiger partial charge in [-0.1, -0.05) is 17.8 Å². The molecule has 30 heavy (non-hydrogen) atoms. The Bertz CT molecular complexity index is 988. The fraction of sp³-hybridized carbons (Fsp3) is 0.278. The van der Waals surface area contributed by atoms with Crippen molar-refractivity contribution < 1.29 is 23.1 Å². The lowest BCUT2D eigenvalue weighted by Crippen LogP contribution is -2.10. The van der Waals surface area contributed by atoms with Crippen LogP contribution in [-0.2, 0) is 23.3 Å². The molecular formula is C18H19F3N6O2S. The molecule has 0 radical (unpaired) electrons. The third-order valence-corrected chi connectivity index (χ3v) is 4.46. The first-order valence-electron chi connectivity index (χ1n) is 8.53. The molecule has 0 aliphatic rings. The standard InChI is InChI=1S/C16H15F3N6S.C2H4O2/c1-10-7-22-12(8-21-10)9-26-15-24-23-14(6-20)25(15)13-4-2-3-11(5-13)16(17,18)19;1-2(3)4/h2-5,7-8H,6,9,20H2,1H3;1H3,(H,3,4). The molecule has 3 rings (SSSR count). The molecule has 160 valence electrons. The molecule has 8 nitrogen and oxygen atoms in total. The molecule has 0 aliphatic heterocycles. The monoisotopic (exact) mass is 440 g/mol. The number of benzene rings is 1. The summed E-state index contributed by atoms with van der Waals surface area (Å²) in [5.41, 5.74) is 6.77. The number of nitrogens with two attached hydrogens (primary N) is 1. The Morgan fingerprint density at radius 2 is 1.93 bits per heavy atom. The van der Waals surface area contributed by atoms with E-state index in [0.29, 0.717) is 22.4 Å². The zero-order chi connectivity index (χ0) is 22.3. The first-order chi connectivity index (χ1) is 14.1. The van der Waals surface area contributed by atoms with Crippen molar-refractivity contribution in [1.82, 2.24) is 24.7 Å². The van der Waals surface area contributed by atoms with Crippen LogP contribution < -0.4 is 5.73 Å². The lowest BCUT2D eigenvalue weighted by molar-refractivity contribution is -0.137. The van der Waals surface area contributed by atoms with E-state index in [1.807, 2.05) is 6.92 Å². The highest BCUT2D eigenvalue weighted by Crippen LogP contribution is 2.32. The number of hydrogen-bond acceptors (Lipinski definition) is 7. The molecule has 0 atom stereocenters. The van der Waals surface area contributed by atoms with E-state index in [1.165, 1.54) is 22.4 Å². The molecule has 0 saturated heterocycles. The van der Waals surface area contributed by atoms with E-state index in [0.717, 1.165) is 30.4 Å². The van der Waals surface area contributed by atoms with E-state index in [-0.39, 0.29) is 6.54 Å². The minimum atomic E-state index is -4.43. The largest absolute Gasteiger partial charge is 0.481 e. The van der Waals surface area contributed by atoms with Gasteiger partial charge in [-0.05, 0) is 25.1 Å². The Morgan fingerprint density at radius 1 is 1.23 bits per heavy atom. The summed E-state index contributed by atoms with van der Waals surface area (Å²) in [6.07, 6.45) is -1.13. The maximum atomic E-state index is 13.0. The van der Waals surface area contributed by atoms with Gasteiger partial charge in [0.1, 0.15) is 0 Å². The minimum absolute atomic E-state index is 0.0497. The minimum Gasteiger partial charge on any atom is -0.481 e. The fourth-order valence-corrected chi connectivity index (χ4v) is 3.10. The second kappa shape index (κ2) is 10.2. The number of alkyl halides is 3. The Balaban J connectivity index is 0.000000735. The number of aryl methyl sites for hydroxylation is 1. The Morgan fingerprint density at radius 3 is 2.50 bits per heavy atom. The van der Waals surface area contributed by atoms with E-state index in [1.54, 1.807) is 18.5 Å². The van der Waals surface area contributed by atoms with Gasteiger partial charge in [0.15, 0.2) is 11.0 Å². The Hall–Kier alpha value is -2.99. The van der Waals surface area contributed by atoms with Crippen LogP contribution in [0.5, 0.6) is 0 Å². The van der Waals surface area contributed by atoms with Crippen LogP contribution in [0.25, 0.3) is 5.69 Å². The van der Waals surface area contributed by atoms with Gasteiger partial charge in [-0.2, -0.15) is 13.2 Å². The predicted octanol–water partition coefficient (Wildman–Crippen LogP) is 3.23. The number of thioether (sulfide) groups is 1. The van der Waals surface area contributed by atoms with Crippen molar-refractivity contribution in [3.8, 4) is 5.69 Å². The van der Waals surface area contributed by atoms with Crippen molar-refractivity contribution in [1.29, 1.82) is 0 Å². The summed E-state index contributed by atoms with van der Waals surface area (Å²) >= 11 is 1.30.